The third-order valence-corrected chi connectivity index (χ3v) is 5.25. The molecule has 0 saturated carbocycles. The molecule has 1 atom stereocenters. The molecule has 7 nitrogen and oxygen atoms in total. The molecule has 1 amide bonds. The summed E-state index contributed by atoms with van der Waals surface area (Å²) in [6.45, 7) is 1.49. The first kappa shape index (κ1) is 22.5. The van der Waals surface area contributed by atoms with Crippen molar-refractivity contribution in [3.05, 3.63) is 87.6 Å². The third-order valence-electron chi connectivity index (χ3n) is 5.01. The maximum atomic E-state index is 13.0. The van der Waals surface area contributed by atoms with Gasteiger partial charge in [-0.1, -0.05) is 29.8 Å². The van der Waals surface area contributed by atoms with Crippen LogP contribution in [0.5, 0.6) is 0 Å². The van der Waals surface area contributed by atoms with Crippen LogP contribution in [-0.2, 0) is 17.5 Å². The number of nitrogens with zero attached hydrogens (tertiary/aromatic N) is 4. The smallest absolute Gasteiger partial charge is 0.348 e. The van der Waals surface area contributed by atoms with E-state index in [0.29, 0.717) is 5.02 Å². The fraction of sp³-hybridized carbons (Fsp3) is 0.182. The van der Waals surface area contributed by atoms with E-state index in [9.17, 15) is 22.8 Å². The minimum Gasteiger partial charge on any atom is -0.348 e. The highest BCUT2D eigenvalue weighted by Gasteiger charge is 2.30. The number of carbonyl (C=O) groups excluding carboxylic acids is 1. The average molecular weight is 476 g/mol. The molecule has 1 unspecified atom stereocenters. The van der Waals surface area contributed by atoms with E-state index in [2.05, 4.69) is 15.4 Å². The van der Waals surface area contributed by atoms with Crippen molar-refractivity contribution in [1.82, 2.24) is 24.6 Å². The number of aromatic nitrogens is 4. The Balaban J connectivity index is 1.57. The minimum atomic E-state index is -4.52. The lowest BCUT2D eigenvalue weighted by Crippen LogP contribution is -2.33. The number of halogens is 4. The molecule has 0 spiro atoms. The number of amides is 1. The second kappa shape index (κ2) is 8.70. The van der Waals surface area contributed by atoms with Gasteiger partial charge in [0.15, 0.2) is 5.65 Å². The summed E-state index contributed by atoms with van der Waals surface area (Å²) in [4.78, 5) is 29.5. The molecule has 0 radical (unpaired) electrons. The monoisotopic (exact) mass is 475 g/mol. The predicted molar refractivity (Wildman–Crippen MR) is 116 cm³/mol. The van der Waals surface area contributed by atoms with E-state index in [0.717, 1.165) is 26.9 Å². The van der Waals surface area contributed by atoms with Crippen molar-refractivity contribution < 1.29 is 18.0 Å². The molecule has 4 rings (SSSR count). The lowest BCUT2D eigenvalue weighted by molar-refractivity contribution is -0.137. The summed E-state index contributed by atoms with van der Waals surface area (Å²) in [5, 5.41) is 7.43. The second-order valence-corrected chi connectivity index (χ2v) is 7.80. The van der Waals surface area contributed by atoms with Gasteiger partial charge in [-0.2, -0.15) is 18.3 Å². The molecule has 0 aliphatic carbocycles. The summed E-state index contributed by atoms with van der Waals surface area (Å²) < 4.78 is 41.4. The Morgan fingerprint density at radius 3 is 2.67 bits per heavy atom. The second-order valence-electron chi connectivity index (χ2n) is 7.36. The zero-order chi connectivity index (χ0) is 23.8. The molecule has 33 heavy (non-hydrogen) atoms. The Morgan fingerprint density at radius 1 is 1.18 bits per heavy atom. The van der Waals surface area contributed by atoms with Gasteiger partial charge in [-0.15, -0.1) is 0 Å². The van der Waals surface area contributed by atoms with E-state index >= 15 is 0 Å². The molecule has 0 saturated heterocycles. The Bertz CT molecular complexity index is 1400. The van der Waals surface area contributed by atoms with Gasteiger partial charge in [-0.3, -0.25) is 14.2 Å². The molecule has 170 valence electrons. The van der Waals surface area contributed by atoms with Crippen molar-refractivity contribution in [2.45, 2.75) is 25.7 Å². The van der Waals surface area contributed by atoms with Crippen molar-refractivity contribution in [3.8, 4) is 5.69 Å². The van der Waals surface area contributed by atoms with Gasteiger partial charge < -0.3 is 5.32 Å². The minimum absolute atomic E-state index is 0.0746. The molecular weight excluding hydrogens is 459 g/mol. The van der Waals surface area contributed by atoms with E-state index in [-0.39, 0.29) is 29.3 Å². The molecule has 0 fully saturated rings. The van der Waals surface area contributed by atoms with Crippen molar-refractivity contribution in [2.24, 2.45) is 0 Å². The van der Waals surface area contributed by atoms with E-state index < -0.39 is 23.2 Å². The predicted octanol–water partition coefficient (Wildman–Crippen LogP) is 4.13. The van der Waals surface area contributed by atoms with Crippen molar-refractivity contribution >= 4 is 28.5 Å². The normalized spacial score (nSPS) is 12.6. The van der Waals surface area contributed by atoms with Gasteiger partial charge >= 0.3 is 6.18 Å². The molecule has 4 aromatic rings. The molecule has 0 aliphatic rings. The molecule has 11 heteroatoms. The number of benzene rings is 2. The number of nitrogens with one attached hydrogen (secondary N) is 1. The maximum Gasteiger partial charge on any atom is 0.416 e. The molecule has 2 heterocycles. The highest BCUT2D eigenvalue weighted by Crippen LogP contribution is 2.30. The Morgan fingerprint density at radius 2 is 1.94 bits per heavy atom. The molecule has 1 N–H and O–H groups in total. The molecule has 2 aromatic carbocycles. The number of hydrogen-bond acceptors (Lipinski definition) is 4. The lowest BCUT2D eigenvalue weighted by Gasteiger charge is -2.15. The van der Waals surface area contributed by atoms with Crippen LogP contribution in [0.1, 0.15) is 24.1 Å². The van der Waals surface area contributed by atoms with Gasteiger partial charge in [0.1, 0.15) is 18.3 Å². The van der Waals surface area contributed by atoms with Gasteiger partial charge in [0.05, 0.1) is 23.5 Å². The summed E-state index contributed by atoms with van der Waals surface area (Å²) in [5.74, 6) is -0.420. The molecule has 0 aliphatic heterocycles. The zero-order valence-corrected chi connectivity index (χ0v) is 17.9. The van der Waals surface area contributed by atoms with Crippen molar-refractivity contribution in [2.75, 3.05) is 0 Å². The Kier molecular flexibility index (Phi) is 5.94. The van der Waals surface area contributed by atoms with Crippen LogP contribution < -0.4 is 10.9 Å². The van der Waals surface area contributed by atoms with Crippen LogP contribution in [-0.4, -0.2) is 25.2 Å². The summed E-state index contributed by atoms with van der Waals surface area (Å²) in [7, 11) is 0. The Labute approximate surface area is 190 Å². The van der Waals surface area contributed by atoms with Gasteiger partial charge in [-0.05, 0) is 42.8 Å². The number of fused-ring (bicyclic) bond motifs is 1. The lowest BCUT2D eigenvalue weighted by atomic mass is 10.1. The van der Waals surface area contributed by atoms with Gasteiger partial charge in [0, 0.05) is 5.02 Å². The molecule has 2 aromatic heterocycles. The summed E-state index contributed by atoms with van der Waals surface area (Å²) in [6.07, 6.45) is -2.14. The van der Waals surface area contributed by atoms with Crippen LogP contribution >= 0.6 is 11.6 Å². The number of rotatable bonds is 5. The summed E-state index contributed by atoms with van der Waals surface area (Å²) in [5.41, 5.74) is -0.383. The van der Waals surface area contributed by atoms with Crippen LogP contribution in [0.2, 0.25) is 5.02 Å². The third kappa shape index (κ3) is 4.75. The molecule has 0 bridgehead atoms. The van der Waals surface area contributed by atoms with Crippen molar-refractivity contribution in [1.29, 1.82) is 0 Å². The van der Waals surface area contributed by atoms with Gasteiger partial charge in [0.25, 0.3) is 5.56 Å². The first-order valence-corrected chi connectivity index (χ1v) is 10.2. The van der Waals surface area contributed by atoms with E-state index in [1.54, 1.807) is 25.1 Å². The van der Waals surface area contributed by atoms with Crippen LogP contribution in [0, 0.1) is 0 Å². The summed E-state index contributed by atoms with van der Waals surface area (Å²) in [6, 6.07) is 11.2. The number of hydrogen-bond donors (Lipinski definition) is 1. The first-order valence-electron chi connectivity index (χ1n) is 9.79. The quantitative estimate of drug-likeness (QED) is 0.470. The van der Waals surface area contributed by atoms with E-state index in [1.807, 2.05) is 6.07 Å². The SMILES string of the molecule is CC(NC(=O)Cn1cnc2c(cnn2-c2cccc(C(F)(F)F)c2)c1=O)c1cccc(Cl)c1. The standard InChI is InChI=1S/C22H17ClF3N5O2/c1-13(14-4-2-6-16(23)8-14)29-19(32)11-30-12-27-20-18(21(30)33)10-28-31(20)17-7-3-5-15(9-17)22(24,25)26/h2-10,12-13H,11H2,1H3,(H,29,32). The van der Waals surface area contributed by atoms with Gasteiger partial charge in [-0.25, -0.2) is 9.67 Å². The first-order chi connectivity index (χ1) is 15.6. The zero-order valence-electron chi connectivity index (χ0n) is 17.2. The van der Waals surface area contributed by atoms with Crippen LogP contribution in [0.25, 0.3) is 16.7 Å². The fourth-order valence-electron chi connectivity index (χ4n) is 3.37. The largest absolute Gasteiger partial charge is 0.416 e. The topological polar surface area (TPSA) is 81.8 Å². The number of alkyl halides is 3. The van der Waals surface area contributed by atoms with E-state index in [4.69, 9.17) is 11.6 Å². The van der Waals surface area contributed by atoms with Crippen LogP contribution in [0.4, 0.5) is 13.2 Å². The maximum absolute atomic E-state index is 13.0. The number of carbonyl (C=O) groups is 1. The Hall–Kier alpha value is -3.66. The van der Waals surface area contributed by atoms with Crippen molar-refractivity contribution in [3.63, 3.8) is 0 Å². The fourth-order valence-corrected chi connectivity index (χ4v) is 3.56. The average Bonchev–Trinajstić information content (AvgIpc) is 3.20. The highest BCUT2D eigenvalue weighted by molar-refractivity contribution is 6.30. The summed E-state index contributed by atoms with van der Waals surface area (Å²) >= 11 is 5.98. The van der Waals surface area contributed by atoms with Crippen LogP contribution in [0.15, 0.2) is 65.8 Å². The highest BCUT2D eigenvalue weighted by atomic mass is 35.5. The molecular formula is C22H17ClF3N5O2. The van der Waals surface area contributed by atoms with Gasteiger partial charge in [0.2, 0.25) is 5.91 Å². The van der Waals surface area contributed by atoms with Crippen LogP contribution in [0.3, 0.4) is 0 Å². The van der Waals surface area contributed by atoms with E-state index in [1.165, 1.54) is 24.7 Å².